The molecule has 0 unspecified atom stereocenters. The highest BCUT2D eigenvalue weighted by Gasteiger charge is 2.09. The molecule has 1 rings (SSSR count). The highest BCUT2D eigenvalue weighted by molar-refractivity contribution is 5.84. The number of nitrogens with one attached hydrogen (secondary N) is 1. The van der Waals surface area contributed by atoms with Gasteiger partial charge in [-0.3, -0.25) is 4.79 Å². The summed E-state index contributed by atoms with van der Waals surface area (Å²) < 4.78 is 10.9. The summed E-state index contributed by atoms with van der Waals surface area (Å²) in [5.41, 5.74) is 0. The van der Waals surface area contributed by atoms with Crippen LogP contribution >= 0.6 is 0 Å². The van der Waals surface area contributed by atoms with Crippen LogP contribution in [0, 0.1) is 0 Å². The van der Waals surface area contributed by atoms with E-state index in [0.29, 0.717) is 19.1 Å². The predicted octanol–water partition coefficient (Wildman–Crippen LogP) is 1.45. The highest BCUT2D eigenvalue weighted by Crippen LogP contribution is 2.16. The summed E-state index contributed by atoms with van der Waals surface area (Å²) >= 11 is 0. The number of carbonyl (C=O) groups excluding carboxylic acids is 1. The number of likely N-dealkylation sites (N-methyl/N-ethyl adjacent to an activating group) is 2. The van der Waals surface area contributed by atoms with Crippen molar-refractivity contribution in [3.05, 3.63) is 24.3 Å². The molecule has 0 aliphatic rings. The van der Waals surface area contributed by atoms with Crippen LogP contribution in [-0.4, -0.2) is 76.2 Å². The van der Waals surface area contributed by atoms with Crippen LogP contribution < -0.4 is 14.8 Å². The average molecular weight is 350 g/mol. The van der Waals surface area contributed by atoms with Gasteiger partial charge in [0.25, 0.3) is 0 Å². The second-order valence-electron chi connectivity index (χ2n) is 5.80. The zero-order valence-corrected chi connectivity index (χ0v) is 15.9. The van der Waals surface area contributed by atoms with Crippen molar-refractivity contribution in [1.29, 1.82) is 0 Å². The molecule has 0 saturated heterocycles. The van der Waals surface area contributed by atoms with Crippen LogP contribution in [0.5, 0.6) is 11.5 Å². The Hall–Kier alpha value is -2.44. The summed E-state index contributed by atoms with van der Waals surface area (Å²) in [5.74, 6) is 2.26. The molecule has 0 aromatic heterocycles. The molecule has 7 nitrogen and oxygen atoms in total. The van der Waals surface area contributed by atoms with Gasteiger partial charge < -0.3 is 24.6 Å². The normalized spacial score (nSPS) is 11.0. The molecule has 1 amide bonds. The van der Waals surface area contributed by atoms with Crippen LogP contribution in [0.15, 0.2) is 29.3 Å². The number of benzene rings is 1. The van der Waals surface area contributed by atoms with E-state index in [0.717, 1.165) is 24.5 Å². The molecular formula is C18H30N4O3. The Labute approximate surface area is 150 Å². The lowest BCUT2D eigenvalue weighted by Crippen LogP contribution is -2.42. The SMILES string of the molecule is CCCNC(=NCC(=O)N(C)C)N(C)CCOc1ccc(OC)cc1. The van der Waals surface area contributed by atoms with Crippen molar-refractivity contribution in [2.45, 2.75) is 13.3 Å². The van der Waals surface area contributed by atoms with Crippen molar-refractivity contribution in [2.24, 2.45) is 4.99 Å². The van der Waals surface area contributed by atoms with Gasteiger partial charge in [0.15, 0.2) is 5.96 Å². The van der Waals surface area contributed by atoms with Crippen LogP contribution in [0.25, 0.3) is 0 Å². The summed E-state index contributed by atoms with van der Waals surface area (Å²) in [6.07, 6.45) is 0.983. The van der Waals surface area contributed by atoms with Gasteiger partial charge in [-0.15, -0.1) is 0 Å². The molecular weight excluding hydrogens is 320 g/mol. The second kappa shape index (κ2) is 11.2. The smallest absolute Gasteiger partial charge is 0.243 e. The molecule has 1 aromatic rings. The first kappa shape index (κ1) is 20.6. The lowest BCUT2D eigenvalue weighted by molar-refractivity contribution is -0.127. The van der Waals surface area contributed by atoms with E-state index in [1.807, 2.05) is 36.2 Å². The number of carbonyl (C=O) groups is 1. The van der Waals surface area contributed by atoms with Gasteiger partial charge >= 0.3 is 0 Å². The first-order valence-corrected chi connectivity index (χ1v) is 8.44. The quantitative estimate of drug-likeness (QED) is 0.539. The van der Waals surface area contributed by atoms with Gasteiger partial charge in [0, 0.05) is 27.7 Å². The summed E-state index contributed by atoms with van der Waals surface area (Å²) in [7, 11) is 7.02. The third-order valence-corrected chi connectivity index (χ3v) is 3.51. The van der Waals surface area contributed by atoms with Gasteiger partial charge in [-0.2, -0.15) is 0 Å². The number of guanidine groups is 1. The summed E-state index contributed by atoms with van der Waals surface area (Å²) in [6, 6.07) is 7.47. The number of ether oxygens (including phenoxy) is 2. The predicted molar refractivity (Wildman–Crippen MR) is 100 cm³/mol. The third kappa shape index (κ3) is 7.78. The van der Waals surface area contributed by atoms with Gasteiger partial charge in [0.1, 0.15) is 24.7 Å². The zero-order valence-electron chi connectivity index (χ0n) is 15.9. The molecule has 0 atom stereocenters. The zero-order chi connectivity index (χ0) is 18.7. The van der Waals surface area contributed by atoms with E-state index in [9.17, 15) is 4.79 Å². The minimum absolute atomic E-state index is 0.0290. The molecule has 0 aliphatic carbocycles. The average Bonchev–Trinajstić information content (AvgIpc) is 2.61. The van der Waals surface area contributed by atoms with Crippen molar-refractivity contribution >= 4 is 11.9 Å². The molecule has 0 bridgehead atoms. The van der Waals surface area contributed by atoms with Crippen LogP contribution in [0.4, 0.5) is 0 Å². The van der Waals surface area contributed by atoms with Crippen molar-refractivity contribution in [3.8, 4) is 11.5 Å². The Bertz CT molecular complexity index is 544. The van der Waals surface area contributed by atoms with Crippen molar-refractivity contribution in [2.75, 3.05) is 54.5 Å². The number of methoxy groups -OCH3 is 1. The number of hydrogen-bond donors (Lipinski definition) is 1. The Morgan fingerprint density at radius 3 is 2.36 bits per heavy atom. The van der Waals surface area contributed by atoms with Crippen LogP contribution in [0.3, 0.4) is 0 Å². The largest absolute Gasteiger partial charge is 0.497 e. The Morgan fingerprint density at radius 2 is 1.80 bits per heavy atom. The lowest BCUT2D eigenvalue weighted by Gasteiger charge is -2.22. The first-order chi connectivity index (χ1) is 12.0. The van der Waals surface area contributed by atoms with Gasteiger partial charge in [-0.05, 0) is 30.7 Å². The monoisotopic (exact) mass is 350 g/mol. The Balaban J connectivity index is 2.53. The molecule has 0 radical (unpaired) electrons. The van der Waals surface area contributed by atoms with E-state index in [1.165, 1.54) is 4.90 Å². The van der Waals surface area contributed by atoms with Gasteiger partial charge in [0.05, 0.1) is 13.7 Å². The standard InChI is InChI=1S/C18H30N4O3/c1-6-11-19-18(20-14-17(23)21(2)3)22(4)12-13-25-16-9-7-15(24-5)8-10-16/h7-10H,6,11-14H2,1-5H3,(H,19,20). The van der Waals surface area contributed by atoms with E-state index in [-0.39, 0.29) is 12.5 Å². The summed E-state index contributed by atoms with van der Waals surface area (Å²) in [6.45, 7) is 4.18. The molecule has 1 aromatic carbocycles. The van der Waals surface area contributed by atoms with Crippen molar-refractivity contribution < 1.29 is 14.3 Å². The summed E-state index contributed by atoms with van der Waals surface area (Å²) in [4.78, 5) is 19.6. The fraction of sp³-hybridized carbons (Fsp3) is 0.556. The van der Waals surface area contributed by atoms with Crippen LogP contribution in [0.1, 0.15) is 13.3 Å². The van der Waals surface area contributed by atoms with Crippen LogP contribution in [-0.2, 0) is 4.79 Å². The van der Waals surface area contributed by atoms with Crippen molar-refractivity contribution in [3.63, 3.8) is 0 Å². The number of aliphatic imine (C=N–C) groups is 1. The maximum Gasteiger partial charge on any atom is 0.243 e. The molecule has 1 N–H and O–H groups in total. The number of rotatable bonds is 9. The number of nitrogens with zero attached hydrogens (tertiary/aromatic N) is 3. The molecule has 0 heterocycles. The van der Waals surface area contributed by atoms with Gasteiger partial charge in [-0.1, -0.05) is 6.92 Å². The van der Waals surface area contributed by atoms with Gasteiger partial charge in [0.2, 0.25) is 5.91 Å². The maximum atomic E-state index is 11.7. The Kier molecular flexibility index (Phi) is 9.21. The number of hydrogen-bond acceptors (Lipinski definition) is 4. The second-order valence-corrected chi connectivity index (χ2v) is 5.80. The maximum absolute atomic E-state index is 11.7. The molecule has 140 valence electrons. The summed E-state index contributed by atoms with van der Waals surface area (Å²) in [5, 5.41) is 3.26. The van der Waals surface area contributed by atoms with E-state index in [1.54, 1.807) is 21.2 Å². The first-order valence-electron chi connectivity index (χ1n) is 8.44. The minimum atomic E-state index is -0.0290. The molecule has 0 saturated carbocycles. The fourth-order valence-corrected chi connectivity index (χ4v) is 1.91. The van der Waals surface area contributed by atoms with Crippen molar-refractivity contribution in [1.82, 2.24) is 15.1 Å². The Morgan fingerprint density at radius 1 is 1.16 bits per heavy atom. The molecule has 0 spiro atoms. The third-order valence-electron chi connectivity index (χ3n) is 3.51. The van der Waals surface area contributed by atoms with Gasteiger partial charge in [-0.25, -0.2) is 4.99 Å². The van der Waals surface area contributed by atoms with E-state index in [2.05, 4.69) is 17.2 Å². The lowest BCUT2D eigenvalue weighted by atomic mass is 10.3. The van der Waals surface area contributed by atoms with E-state index < -0.39 is 0 Å². The molecule has 0 aliphatic heterocycles. The number of amides is 1. The van der Waals surface area contributed by atoms with E-state index in [4.69, 9.17) is 9.47 Å². The fourth-order valence-electron chi connectivity index (χ4n) is 1.91. The minimum Gasteiger partial charge on any atom is -0.497 e. The van der Waals surface area contributed by atoms with Crippen LogP contribution in [0.2, 0.25) is 0 Å². The molecule has 7 heteroatoms. The molecule has 0 fully saturated rings. The highest BCUT2D eigenvalue weighted by atomic mass is 16.5. The van der Waals surface area contributed by atoms with E-state index >= 15 is 0 Å². The topological polar surface area (TPSA) is 66.4 Å². The molecule has 25 heavy (non-hydrogen) atoms.